The third-order valence-electron chi connectivity index (χ3n) is 2.46. The van der Waals surface area contributed by atoms with E-state index in [-0.39, 0.29) is 0 Å². The standard InChI is InChI=1S/C11H20N4O2/c1-5-6-9-10(11(16)17-4)12-13-15(9)8-7-14(2)3/h5-8H2,1-4H3. The van der Waals surface area contributed by atoms with Crippen molar-refractivity contribution in [3.05, 3.63) is 11.4 Å². The number of carbonyl (C=O) groups excluding carboxylic acids is 1. The summed E-state index contributed by atoms with van der Waals surface area (Å²) >= 11 is 0. The third kappa shape index (κ3) is 3.52. The minimum absolute atomic E-state index is 0.341. The number of likely N-dealkylation sites (N-methyl/N-ethyl adjacent to an activating group) is 1. The third-order valence-corrected chi connectivity index (χ3v) is 2.46. The molecule has 96 valence electrons. The zero-order valence-corrected chi connectivity index (χ0v) is 10.9. The van der Waals surface area contributed by atoms with Gasteiger partial charge in [0.1, 0.15) is 0 Å². The number of esters is 1. The molecule has 6 nitrogen and oxygen atoms in total. The van der Waals surface area contributed by atoms with Crippen LogP contribution in [-0.4, -0.2) is 53.6 Å². The van der Waals surface area contributed by atoms with Crippen molar-refractivity contribution in [3.63, 3.8) is 0 Å². The zero-order valence-electron chi connectivity index (χ0n) is 10.9. The van der Waals surface area contributed by atoms with Crippen molar-refractivity contribution in [2.75, 3.05) is 27.7 Å². The van der Waals surface area contributed by atoms with Crippen LogP contribution < -0.4 is 0 Å². The Balaban J connectivity index is 2.89. The molecule has 1 heterocycles. The molecule has 0 amide bonds. The smallest absolute Gasteiger partial charge is 0.360 e. The van der Waals surface area contributed by atoms with Gasteiger partial charge in [-0.1, -0.05) is 18.6 Å². The Labute approximate surface area is 102 Å². The second-order valence-corrected chi connectivity index (χ2v) is 4.15. The van der Waals surface area contributed by atoms with Crippen LogP contribution in [-0.2, 0) is 17.7 Å². The molecule has 0 N–H and O–H groups in total. The summed E-state index contributed by atoms with van der Waals surface area (Å²) in [6.45, 7) is 3.65. The van der Waals surface area contributed by atoms with Crippen LogP contribution >= 0.6 is 0 Å². The van der Waals surface area contributed by atoms with Gasteiger partial charge in [0, 0.05) is 6.54 Å². The van der Waals surface area contributed by atoms with Gasteiger partial charge >= 0.3 is 5.97 Å². The largest absolute Gasteiger partial charge is 0.464 e. The minimum Gasteiger partial charge on any atom is -0.464 e. The minimum atomic E-state index is -0.412. The monoisotopic (exact) mass is 240 g/mol. The molecule has 0 unspecified atom stereocenters. The number of ether oxygens (including phenoxy) is 1. The average molecular weight is 240 g/mol. The van der Waals surface area contributed by atoms with Gasteiger partial charge < -0.3 is 9.64 Å². The molecule has 1 rings (SSSR count). The van der Waals surface area contributed by atoms with Crippen molar-refractivity contribution in [1.82, 2.24) is 19.9 Å². The van der Waals surface area contributed by atoms with Gasteiger partial charge in [-0.15, -0.1) is 5.10 Å². The summed E-state index contributed by atoms with van der Waals surface area (Å²) in [7, 11) is 5.35. The van der Waals surface area contributed by atoms with Crippen LogP contribution in [0, 0.1) is 0 Å². The lowest BCUT2D eigenvalue weighted by Crippen LogP contribution is -2.20. The molecule has 17 heavy (non-hydrogen) atoms. The van der Waals surface area contributed by atoms with Gasteiger partial charge in [-0.2, -0.15) is 0 Å². The van der Waals surface area contributed by atoms with E-state index in [9.17, 15) is 4.79 Å². The van der Waals surface area contributed by atoms with Crippen LogP contribution in [0.1, 0.15) is 29.5 Å². The number of methoxy groups -OCH3 is 1. The lowest BCUT2D eigenvalue weighted by atomic mass is 10.2. The molecule has 0 saturated carbocycles. The van der Waals surface area contributed by atoms with Gasteiger partial charge in [0.25, 0.3) is 0 Å². The number of carbonyl (C=O) groups is 1. The van der Waals surface area contributed by atoms with E-state index in [0.29, 0.717) is 5.69 Å². The van der Waals surface area contributed by atoms with Gasteiger partial charge in [0.05, 0.1) is 19.3 Å². The van der Waals surface area contributed by atoms with Crippen LogP contribution in [0.25, 0.3) is 0 Å². The van der Waals surface area contributed by atoms with Gasteiger partial charge in [-0.05, 0) is 20.5 Å². The van der Waals surface area contributed by atoms with E-state index in [1.54, 1.807) is 4.68 Å². The molecule has 0 aliphatic rings. The normalized spacial score (nSPS) is 10.9. The summed E-state index contributed by atoms with van der Waals surface area (Å²) < 4.78 is 6.48. The predicted octanol–water partition coefficient (Wildman–Crippen LogP) is 0.579. The fourth-order valence-electron chi connectivity index (χ4n) is 1.55. The SMILES string of the molecule is CCCc1c(C(=O)OC)nnn1CCN(C)C. The predicted molar refractivity (Wildman–Crippen MR) is 63.9 cm³/mol. The summed E-state index contributed by atoms with van der Waals surface area (Å²) in [6, 6.07) is 0. The Morgan fingerprint density at radius 2 is 2.18 bits per heavy atom. The highest BCUT2D eigenvalue weighted by Gasteiger charge is 2.19. The van der Waals surface area contributed by atoms with Crippen LogP contribution in [0.3, 0.4) is 0 Å². The Bertz CT molecular complexity index is 374. The van der Waals surface area contributed by atoms with E-state index in [1.807, 2.05) is 14.1 Å². The second-order valence-electron chi connectivity index (χ2n) is 4.15. The number of hydrogen-bond donors (Lipinski definition) is 0. The summed E-state index contributed by atoms with van der Waals surface area (Å²) in [5, 5.41) is 7.92. The van der Waals surface area contributed by atoms with Crippen LogP contribution in [0.4, 0.5) is 0 Å². The van der Waals surface area contributed by atoms with Gasteiger partial charge in [0.15, 0.2) is 5.69 Å². The molecular weight excluding hydrogens is 220 g/mol. The topological polar surface area (TPSA) is 60.2 Å². The lowest BCUT2D eigenvalue weighted by molar-refractivity contribution is 0.0592. The van der Waals surface area contributed by atoms with E-state index < -0.39 is 5.97 Å². The molecule has 0 spiro atoms. The molecule has 6 heteroatoms. The summed E-state index contributed by atoms with van der Waals surface area (Å²) in [5.74, 6) is -0.412. The first-order chi connectivity index (χ1) is 8.10. The van der Waals surface area contributed by atoms with Crippen molar-refractivity contribution < 1.29 is 9.53 Å². The number of rotatable bonds is 6. The zero-order chi connectivity index (χ0) is 12.8. The summed E-state index contributed by atoms with van der Waals surface area (Å²) in [4.78, 5) is 13.6. The maximum absolute atomic E-state index is 11.5. The Hall–Kier alpha value is -1.43. The lowest BCUT2D eigenvalue weighted by Gasteiger charge is -2.11. The first-order valence-electron chi connectivity index (χ1n) is 5.75. The Morgan fingerprint density at radius 3 is 2.71 bits per heavy atom. The quantitative estimate of drug-likeness (QED) is 0.681. The van der Waals surface area contributed by atoms with E-state index >= 15 is 0 Å². The molecule has 1 aromatic rings. The molecule has 0 radical (unpaired) electrons. The molecule has 0 aliphatic carbocycles. The second kappa shape index (κ2) is 6.34. The van der Waals surface area contributed by atoms with Gasteiger partial charge in [0.2, 0.25) is 0 Å². The maximum Gasteiger partial charge on any atom is 0.360 e. The fourth-order valence-corrected chi connectivity index (χ4v) is 1.55. The molecular formula is C11H20N4O2. The summed E-state index contributed by atoms with van der Waals surface area (Å²) in [6.07, 6.45) is 1.73. The highest BCUT2D eigenvalue weighted by molar-refractivity contribution is 5.88. The molecule has 0 aromatic carbocycles. The van der Waals surface area contributed by atoms with Crippen LogP contribution in [0.2, 0.25) is 0 Å². The average Bonchev–Trinajstić information content (AvgIpc) is 2.69. The van der Waals surface area contributed by atoms with E-state index in [0.717, 1.165) is 31.6 Å². The highest BCUT2D eigenvalue weighted by Crippen LogP contribution is 2.09. The van der Waals surface area contributed by atoms with Crippen molar-refractivity contribution in [1.29, 1.82) is 0 Å². The summed E-state index contributed by atoms with van der Waals surface area (Å²) in [5.41, 5.74) is 1.20. The van der Waals surface area contributed by atoms with Crippen LogP contribution in [0.5, 0.6) is 0 Å². The Kier molecular flexibility index (Phi) is 5.09. The van der Waals surface area contributed by atoms with Crippen molar-refractivity contribution >= 4 is 5.97 Å². The van der Waals surface area contributed by atoms with Gasteiger partial charge in [-0.25, -0.2) is 9.48 Å². The molecule has 0 atom stereocenters. The van der Waals surface area contributed by atoms with Crippen LogP contribution in [0.15, 0.2) is 0 Å². The van der Waals surface area contributed by atoms with E-state index in [1.165, 1.54) is 7.11 Å². The molecule has 1 aromatic heterocycles. The maximum atomic E-state index is 11.5. The van der Waals surface area contributed by atoms with Gasteiger partial charge in [-0.3, -0.25) is 0 Å². The van der Waals surface area contributed by atoms with Crippen molar-refractivity contribution in [2.24, 2.45) is 0 Å². The first kappa shape index (κ1) is 13.6. The molecule has 0 bridgehead atoms. The van der Waals surface area contributed by atoms with Crippen molar-refractivity contribution in [2.45, 2.75) is 26.3 Å². The fraction of sp³-hybridized carbons (Fsp3) is 0.727. The molecule has 0 saturated heterocycles. The highest BCUT2D eigenvalue weighted by atomic mass is 16.5. The molecule has 0 fully saturated rings. The number of nitrogens with zero attached hydrogens (tertiary/aromatic N) is 4. The van der Waals surface area contributed by atoms with E-state index in [4.69, 9.17) is 4.74 Å². The van der Waals surface area contributed by atoms with E-state index in [2.05, 4.69) is 22.1 Å². The number of aromatic nitrogens is 3. The first-order valence-corrected chi connectivity index (χ1v) is 5.75. The number of hydrogen-bond acceptors (Lipinski definition) is 5. The Morgan fingerprint density at radius 1 is 1.47 bits per heavy atom. The van der Waals surface area contributed by atoms with Crippen molar-refractivity contribution in [3.8, 4) is 0 Å². The molecule has 0 aliphatic heterocycles.